The average molecular weight is 354 g/mol. The number of carbonyl (C=O) groups is 2. The number of anilines is 2. The summed E-state index contributed by atoms with van der Waals surface area (Å²) in [5, 5.41) is 5.46. The number of carbonyl (C=O) groups excluding carboxylic acids is 2. The van der Waals surface area contributed by atoms with Crippen LogP contribution in [0.1, 0.15) is 6.42 Å². The molecule has 3 amide bonds. The molecule has 0 saturated carbocycles. The van der Waals surface area contributed by atoms with Gasteiger partial charge in [-0.1, -0.05) is 24.3 Å². The monoisotopic (exact) mass is 354 g/mol. The summed E-state index contributed by atoms with van der Waals surface area (Å²) < 4.78 is 0. The first-order chi connectivity index (χ1) is 12.7. The molecular formula is C19H24N5O2+. The summed E-state index contributed by atoms with van der Waals surface area (Å²) in [6.07, 6.45) is 2.21. The van der Waals surface area contributed by atoms with Gasteiger partial charge < -0.3 is 15.5 Å². The Morgan fingerprint density at radius 1 is 0.962 bits per heavy atom. The van der Waals surface area contributed by atoms with Gasteiger partial charge in [0.25, 0.3) is 5.82 Å². The van der Waals surface area contributed by atoms with Gasteiger partial charge >= 0.3 is 6.03 Å². The van der Waals surface area contributed by atoms with Crippen molar-refractivity contribution < 1.29 is 14.6 Å². The summed E-state index contributed by atoms with van der Waals surface area (Å²) in [5.41, 5.74) is 0.727. The van der Waals surface area contributed by atoms with Crippen LogP contribution in [0.4, 0.5) is 16.3 Å². The number of hydrogen-bond donors (Lipinski definition) is 2. The van der Waals surface area contributed by atoms with Crippen LogP contribution in [0.5, 0.6) is 0 Å². The van der Waals surface area contributed by atoms with Crippen LogP contribution in [0.3, 0.4) is 0 Å². The molecule has 0 unspecified atom stereocenters. The molecular weight excluding hydrogens is 330 g/mol. The Morgan fingerprint density at radius 2 is 1.69 bits per heavy atom. The van der Waals surface area contributed by atoms with Crippen molar-refractivity contribution in [1.29, 1.82) is 0 Å². The van der Waals surface area contributed by atoms with Crippen LogP contribution in [0.25, 0.3) is 0 Å². The molecule has 136 valence electrons. The normalized spacial score (nSPS) is 14.0. The van der Waals surface area contributed by atoms with Crippen LogP contribution in [0.15, 0.2) is 54.7 Å². The van der Waals surface area contributed by atoms with Gasteiger partial charge in [0.05, 0.1) is 19.3 Å². The third-order valence-corrected chi connectivity index (χ3v) is 4.32. The van der Waals surface area contributed by atoms with Crippen LogP contribution in [-0.4, -0.2) is 49.6 Å². The van der Waals surface area contributed by atoms with E-state index in [2.05, 4.69) is 20.5 Å². The number of H-pyrrole nitrogens is 1. The van der Waals surface area contributed by atoms with Gasteiger partial charge in [-0.15, -0.1) is 0 Å². The molecule has 0 aliphatic carbocycles. The first-order valence-electron chi connectivity index (χ1n) is 8.82. The van der Waals surface area contributed by atoms with Crippen molar-refractivity contribution in [2.75, 3.05) is 42.9 Å². The Bertz CT molecular complexity index is 715. The van der Waals surface area contributed by atoms with Crippen LogP contribution in [0, 0.1) is 0 Å². The molecule has 26 heavy (non-hydrogen) atoms. The number of para-hydroxylation sites is 1. The Kier molecular flexibility index (Phi) is 6.03. The Labute approximate surface area is 153 Å². The molecule has 1 aromatic carbocycles. The van der Waals surface area contributed by atoms with Crippen molar-refractivity contribution in [3.63, 3.8) is 0 Å². The fourth-order valence-corrected chi connectivity index (χ4v) is 2.92. The predicted molar refractivity (Wildman–Crippen MR) is 99.9 cm³/mol. The van der Waals surface area contributed by atoms with Gasteiger partial charge in [-0.2, -0.15) is 0 Å². The molecule has 0 spiro atoms. The number of benzene rings is 1. The zero-order valence-corrected chi connectivity index (χ0v) is 14.6. The van der Waals surface area contributed by atoms with E-state index in [4.69, 9.17) is 0 Å². The number of amides is 3. The van der Waals surface area contributed by atoms with E-state index in [1.165, 1.54) is 0 Å². The molecule has 1 fully saturated rings. The molecule has 7 heteroatoms. The molecule has 1 aliphatic rings. The molecule has 7 nitrogen and oxygen atoms in total. The maximum atomic E-state index is 12.3. The molecule has 0 bridgehead atoms. The number of hydrogen-bond acceptors (Lipinski definition) is 3. The number of rotatable bonds is 5. The fourth-order valence-electron chi connectivity index (χ4n) is 2.92. The lowest BCUT2D eigenvalue weighted by Crippen LogP contribution is -2.50. The lowest BCUT2D eigenvalue weighted by Gasteiger charge is -2.31. The number of aromatic nitrogens is 1. The van der Waals surface area contributed by atoms with Gasteiger partial charge in [-0.25, -0.2) is 9.78 Å². The van der Waals surface area contributed by atoms with E-state index in [1.54, 1.807) is 0 Å². The van der Waals surface area contributed by atoms with Crippen molar-refractivity contribution in [3.8, 4) is 0 Å². The van der Waals surface area contributed by atoms with E-state index in [1.807, 2.05) is 59.6 Å². The fraction of sp³-hybridized carbons (Fsp3) is 0.316. The Balaban J connectivity index is 1.36. The maximum Gasteiger partial charge on any atom is 0.319 e. The van der Waals surface area contributed by atoms with Gasteiger partial charge in [0.1, 0.15) is 13.1 Å². The first-order valence-corrected chi connectivity index (χ1v) is 8.82. The van der Waals surface area contributed by atoms with Gasteiger partial charge in [0.2, 0.25) is 5.91 Å². The number of urea groups is 1. The third-order valence-electron chi connectivity index (χ3n) is 4.32. The van der Waals surface area contributed by atoms with Crippen LogP contribution >= 0.6 is 0 Å². The van der Waals surface area contributed by atoms with Gasteiger partial charge in [-0.3, -0.25) is 9.69 Å². The number of nitrogens with one attached hydrogen (secondary N) is 3. The van der Waals surface area contributed by atoms with Crippen molar-refractivity contribution in [3.05, 3.63) is 54.7 Å². The SMILES string of the molecule is O=C(NCCC(=O)N1CCN(c2cccc[nH+]2)CC1)Nc1ccccc1. The van der Waals surface area contributed by atoms with Gasteiger partial charge in [0.15, 0.2) is 0 Å². The first kappa shape index (κ1) is 17.7. The van der Waals surface area contributed by atoms with E-state index >= 15 is 0 Å². The van der Waals surface area contributed by atoms with Gasteiger partial charge in [-0.05, 0) is 18.2 Å². The second kappa shape index (κ2) is 8.84. The molecule has 0 radical (unpaired) electrons. The Morgan fingerprint density at radius 3 is 2.38 bits per heavy atom. The molecule has 1 aliphatic heterocycles. The van der Waals surface area contributed by atoms with Crippen molar-refractivity contribution >= 4 is 23.4 Å². The topological polar surface area (TPSA) is 78.8 Å². The van der Waals surface area contributed by atoms with Crippen LogP contribution in [-0.2, 0) is 4.79 Å². The summed E-state index contributed by atoms with van der Waals surface area (Å²) in [5.74, 6) is 1.14. The highest BCUT2D eigenvalue weighted by atomic mass is 16.2. The number of pyridine rings is 1. The summed E-state index contributed by atoms with van der Waals surface area (Å²) in [4.78, 5) is 31.4. The molecule has 3 N–H and O–H groups in total. The van der Waals surface area contributed by atoms with E-state index in [-0.39, 0.29) is 11.9 Å². The van der Waals surface area contributed by atoms with Crippen LogP contribution < -0.4 is 20.5 Å². The minimum absolute atomic E-state index is 0.0710. The van der Waals surface area contributed by atoms with Gasteiger partial charge in [0, 0.05) is 24.7 Å². The Hall–Kier alpha value is -3.09. The summed E-state index contributed by atoms with van der Waals surface area (Å²) in [6, 6.07) is 14.9. The maximum absolute atomic E-state index is 12.3. The molecule has 3 rings (SSSR count). The lowest BCUT2D eigenvalue weighted by atomic mass is 10.2. The predicted octanol–water partition coefficient (Wildman–Crippen LogP) is 1.36. The zero-order valence-electron chi connectivity index (χ0n) is 14.6. The van der Waals surface area contributed by atoms with Crippen LogP contribution in [0.2, 0.25) is 0 Å². The van der Waals surface area contributed by atoms with E-state index < -0.39 is 0 Å². The molecule has 2 heterocycles. The van der Waals surface area contributed by atoms with Crippen molar-refractivity contribution in [2.45, 2.75) is 6.42 Å². The molecule has 0 atom stereocenters. The number of piperazine rings is 1. The third kappa shape index (κ3) is 4.95. The highest BCUT2D eigenvalue weighted by Gasteiger charge is 2.25. The summed E-state index contributed by atoms with van der Waals surface area (Å²) in [7, 11) is 0. The lowest BCUT2D eigenvalue weighted by molar-refractivity contribution is -0.364. The largest absolute Gasteiger partial charge is 0.337 e. The van der Waals surface area contributed by atoms with E-state index in [0.29, 0.717) is 26.1 Å². The molecule has 1 aromatic heterocycles. The number of nitrogens with zero attached hydrogens (tertiary/aromatic N) is 2. The minimum Gasteiger partial charge on any atom is -0.337 e. The van der Waals surface area contributed by atoms with Crippen molar-refractivity contribution in [1.82, 2.24) is 10.2 Å². The van der Waals surface area contributed by atoms with E-state index in [9.17, 15) is 9.59 Å². The highest BCUT2D eigenvalue weighted by Crippen LogP contribution is 2.10. The molecule has 1 saturated heterocycles. The standard InChI is InChI=1S/C19H23N5O2/c25-18(9-11-21-19(26)22-16-6-2-1-3-7-16)24-14-12-23(13-15-24)17-8-4-5-10-20-17/h1-8,10H,9,11-15H2,(H2,21,22,26)/p+1. The zero-order chi connectivity index (χ0) is 18.2. The average Bonchev–Trinajstić information content (AvgIpc) is 2.69. The smallest absolute Gasteiger partial charge is 0.319 e. The molecule has 2 aromatic rings. The quantitative estimate of drug-likeness (QED) is 0.851. The number of aromatic amines is 1. The summed E-state index contributed by atoms with van der Waals surface area (Å²) >= 11 is 0. The highest BCUT2D eigenvalue weighted by molar-refractivity contribution is 5.89. The summed E-state index contributed by atoms with van der Waals surface area (Å²) in [6.45, 7) is 3.31. The second-order valence-corrected chi connectivity index (χ2v) is 6.11. The van der Waals surface area contributed by atoms with E-state index in [0.717, 1.165) is 24.6 Å². The van der Waals surface area contributed by atoms with Crippen molar-refractivity contribution in [2.24, 2.45) is 0 Å². The second-order valence-electron chi connectivity index (χ2n) is 6.11. The minimum atomic E-state index is -0.298.